The molecule has 0 saturated heterocycles. The van der Waals surface area contributed by atoms with Crippen molar-refractivity contribution in [2.24, 2.45) is 0 Å². The largest absolute Gasteiger partial charge is 0.495 e. The zero-order valence-electron chi connectivity index (χ0n) is 16.1. The van der Waals surface area contributed by atoms with Crippen LogP contribution in [0.15, 0.2) is 52.9 Å². The number of nitrogens with zero attached hydrogens (tertiary/aromatic N) is 2. The molecule has 148 valence electrons. The van der Waals surface area contributed by atoms with E-state index in [9.17, 15) is 4.79 Å². The first-order valence-corrected chi connectivity index (χ1v) is 10.2. The number of carboxylic acids is 1. The lowest BCUT2D eigenvalue weighted by Gasteiger charge is -2.11. The van der Waals surface area contributed by atoms with Crippen molar-refractivity contribution in [1.82, 2.24) is 4.98 Å². The summed E-state index contributed by atoms with van der Waals surface area (Å²) in [5.74, 6) is 5.66. The maximum absolute atomic E-state index is 11.1. The number of benzene rings is 2. The van der Waals surface area contributed by atoms with Crippen LogP contribution >= 0.6 is 23.3 Å². The molecule has 0 saturated carbocycles. The lowest BCUT2D eigenvalue weighted by Crippen LogP contribution is -2.07. The van der Waals surface area contributed by atoms with Crippen LogP contribution in [0.3, 0.4) is 0 Å². The molecule has 1 aromatic heterocycles. The standard InChI is InChI=1S/C21H19N3O3S2/c1-24(2)16-8-4-14(5-9-16)6-11-19-22-20(13-28-19)29-23-17-10-7-15(21(25)26)12-18(17)27-3/h4-5,7-10,12-13,23H,1-3H3,(H,25,26). The third-order valence-electron chi connectivity index (χ3n) is 3.89. The fourth-order valence-corrected chi connectivity index (χ4v) is 3.79. The van der Waals surface area contributed by atoms with Gasteiger partial charge in [-0.05, 0) is 48.4 Å². The molecular formula is C21H19N3O3S2. The minimum absolute atomic E-state index is 0.169. The molecule has 8 heteroatoms. The summed E-state index contributed by atoms with van der Waals surface area (Å²) < 4.78 is 8.40. The minimum atomic E-state index is -0.999. The van der Waals surface area contributed by atoms with Crippen molar-refractivity contribution in [2.75, 3.05) is 30.8 Å². The molecule has 0 aliphatic carbocycles. The first-order chi connectivity index (χ1) is 14.0. The van der Waals surface area contributed by atoms with Crippen LogP contribution in [0.4, 0.5) is 11.4 Å². The van der Waals surface area contributed by atoms with Crippen LogP contribution in [0.2, 0.25) is 0 Å². The van der Waals surface area contributed by atoms with Gasteiger partial charge in [-0.1, -0.05) is 5.92 Å². The van der Waals surface area contributed by atoms with Gasteiger partial charge >= 0.3 is 5.97 Å². The van der Waals surface area contributed by atoms with Gasteiger partial charge in [-0.15, -0.1) is 11.3 Å². The van der Waals surface area contributed by atoms with Crippen LogP contribution in [0.5, 0.6) is 5.75 Å². The molecule has 3 rings (SSSR count). The predicted octanol–water partition coefficient (Wildman–Crippen LogP) is 4.43. The molecule has 0 bridgehead atoms. The fraction of sp³-hybridized carbons (Fsp3) is 0.143. The van der Waals surface area contributed by atoms with E-state index in [0.717, 1.165) is 21.3 Å². The highest BCUT2D eigenvalue weighted by molar-refractivity contribution is 8.00. The maximum Gasteiger partial charge on any atom is 0.335 e. The lowest BCUT2D eigenvalue weighted by atomic mass is 10.2. The molecule has 0 unspecified atom stereocenters. The Kier molecular flexibility index (Phi) is 6.65. The lowest BCUT2D eigenvalue weighted by molar-refractivity contribution is 0.0696. The third-order valence-corrected chi connectivity index (χ3v) is 5.54. The molecule has 0 radical (unpaired) electrons. The maximum atomic E-state index is 11.1. The summed E-state index contributed by atoms with van der Waals surface area (Å²) in [6, 6.07) is 12.7. The molecule has 2 aromatic carbocycles. The molecule has 0 fully saturated rings. The van der Waals surface area contributed by atoms with E-state index < -0.39 is 5.97 Å². The van der Waals surface area contributed by atoms with E-state index in [1.807, 2.05) is 48.6 Å². The Morgan fingerprint density at radius 2 is 1.97 bits per heavy atom. The van der Waals surface area contributed by atoms with Gasteiger partial charge in [0.1, 0.15) is 10.8 Å². The molecule has 0 aliphatic heterocycles. The van der Waals surface area contributed by atoms with Crippen molar-refractivity contribution in [3.8, 4) is 17.6 Å². The minimum Gasteiger partial charge on any atom is -0.495 e. The highest BCUT2D eigenvalue weighted by Gasteiger charge is 2.10. The Labute approximate surface area is 177 Å². The van der Waals surface area contributed by atoms with Crippen LogP contribution in [-0.4, -0.2) is 37.3 Å². The number of methoxy groups -OCH3 is 1. The molecule has 6 nitrogen and oxygen atoms in total. The van der Waals surface area contributed by atoms with Gasteiger partial charge in [0.2, 0.25) is 0 Å². The van der Waals surface area contributed by atoms with Gasteiger partial charge in [0.15, 0.2) is 5.01 Å². The van der Waals surface area contributed by atoms with E-state index in [0.29, 0.717) is 11.4 Å². The number of aromatic carboxylic acids is 1. The summed E-state index contributed by atoms with van der Waals surface area (Å²) in [5, 5.41) is 12.5. The predicted molar refractivity (Wildman–Crippen MR) is 118 cm³/mol. The van der Waals surface area contributed by atoms with Gasteiger partial charge in [-0.25, -0.2) is 9.78 Å². The average molecular weight is 426 g/mol. The number of aromatic nitrogens is 1. The van der Waals surface area contributed by atoms with Crippen LogP contribution in [0.1, 0.15) is 20.9 Å². The Morgan fingerprint density at radius 1 is 1.21 bits per heavy atom. The van der Waals surface area contributed by atoms with Gasteiger partial charge in [-0.3, -0.25) is 0 Å². The number of hydrogen-bond acceptors (Lipinski definition) is 7. The second-order valence-corrected chi connectivity index (χ2v) is 7.79. The normalized spacial score (nSPS) is 10.0. The van der Waals surface area contributed by atoms with E-state index in [4.69, 9.17) is 9.84 Å². The van der Waals surface area contributed by atoms with Crippen LogP contribution in [0.25, 0.3) is 0 Å². The summed E-state index contributed by atoms with van der Waals surface area (Å²) in [5.41, 5.74) is 2.90. The zero-order chi connectivity index (χ0) is 20.8. The number of carbonyl (C=O) groups is 1. The molecule has 2 N–H and O–H groups in total. The van der Waals surface area contributed by atoms with E-state index >= 15 is 0 Å². The van der Waals surface area contributed by atoms with Crippen LogP contribution < -0.4 is 14.4 Å². The van der Waals surface area contributed by atoms with Gasteiger partial charge in [0.05, 0.1) is 18.4 Å². The number of ether oxygens (including phenoxy) is 1. The van der Waals surface area contributed by atoms with E-state index in [1.165, 1.54) is 42.5 Å². The summed E-state index contributed by atoms with van der Waals surface area (Å²) in [7, 11) is 5.50. The number of rotatable bonds is 6. The van der Waals surface area contributed by atoms with E-state index in [1.54, 1.807) is 6.07 Å². The number of carboxylic acid groups (broad SMARTS) is 1. The summed E-state index contributed by atoms with van der Waals surface area (Å²) in [6.45, 7) is 0. The molecule has 3 aromatic rings. The highest BCUT2D eigenvalue weighted by Crippen LogP contribution is 2.30. The monoisotopic (exact) mass is 425 g/mol. The zero-order valence-corrected chi connectivity index (χ0v) is 17.7. The number of hydrogen-bond donors (Lipinski definition) is 2. The van der Waals surface area contributed by atoms with Crippen molar-refractivity contribution in [3.05, 3.63) is 64.0 Å². The van der Waals surface area contributed by atoms with Crippen LogP contribution in [0, 0.1) is 11.8 Å². The topological polar surface area (TPSA) is 74.7 Å². The second kappa shape index (κ2) is 9.37. The Hall–Kier alpha value is -3.15. The SMILES string of the molecule is COc1cc(C(=O)O)ccc1NSc1csc(C#Cc2ccc(N(C)C)cc2)n1. The Morgan fingerprint density at radius 3 is 2.62 bits per heavy atom. The Balaban J connectivity index is 1.65. The first-order valence-electron chi connectivity index (χ1n) is 8.55. The average Bonchev–Trinajstić information content (AvgIpc) is 3.18. The first kappa shape index (κ1) is 20.6. The van der Waals surface area contributed by atoms with Gasteiger partial charge < -0.3 is 19.5 Å². The van der Waals surface area contributed by atoms with Gasteiger partial charge in [0, 0.05) is 42.7 Å². The quantitative estimate of drug-likeness (QED) is 0.447. The van der Waals surface area contributed by atoms with Gasteiger partial charge in [-0.2, -0.15) is 0 Å². The molecule has 29 heavy (non-hydrogen) atoms. The van der Waals surface area contributed by atoms with E-state index in [2.05, 4.69) is 21.5 Å². The summed E-state index contributed by atoms with van der Waals surface area (Å²) in [6.07, 6.45) is 0. The number of anilines is 2. The highest BCUT2D eigenvalue weighted by atomic mass is 32.2. The molecule has 0 amide bonds. The number of thiazole rings is 1. The van der Waals surface area contributed by atoms with Crippen molar-refractivity contribution >= 4 is 40.6 Å². The van der Waals surface area contributed by atoms with E-state index in [-0.39, 0.29) is 5.56 Å². The van der Waals surface area contributed by atoms with Gasteiger partial charge in [0.25, 0.3) is 0 Å². The smallest absolute Gasteiger partial charge is 0.335 e. The molecule has 1 heterocycles. The van der Waals surface area contributed by atoms with Crippen molar-refractivity contribution in [2.45, 2.75) is 5.03 Å². The third kappa shape index (κ3) is 5.44. The van der Waals surface area contributed by atoms with Crippen molar-refractivity contribution in [1.29, 1.82) is 0 Å². The molecule has 0 spiro atoms. The molecule has 0 atom stereocenters. The summed E-state index contributed by atoms with van der Waals surface area (Å²) >= 11 is 2.78. The Bertz CT molecular complexity index is 1070. The molecule has 0 aliphatic rings. The fourth-order valence-electron chi connectivity index (χ4n) is 2.35. The second-order valence-electron chi connectivity index (χ2n) is 6.11. The molecular weight excluding hydrogens is 406 g/mol. The van der Waals surface area contributed by atoms with Crippen molar-refractivity contribution < 1.29 is 14.6 Å². The number of nitrogens with one attached hydrogen (secondary N) is 1. The summed E-state index contributed by atoms with van der Waals surface area (Å²) in [4.78, 5) is 17.6. The van der Waals surface area contributed by atoms with Crippen molar-refractivity contribution in [3.63, 3.8) is 0 Å². The van der Waals surface area contributed by atoms with Crippen LogP contribution in [-0.2, 0) is 0 Å².